The van der Waals surface area contributed by atoms with Crippen LogP contribution in [0.4, 0.5) is 5.69 Å². The van der Waals surface area contributed by atoms with Gasteiger partial charge in [-0.1, -0.05) is 18.2 Å². The van der Waals surface area contributed by atoms with Crippen LogP contribution in [0.1, 0.15) is 17.5 Å². The molecule has 1 aromatic heterocycles. The molecule has 180 valence electrons. The van der Waals surface area contributed by atoms with E-state index in [4.69, 9.17) is 9.47 Å². The van der Waals surface area contributed by atoms with E-state index in [1.807, 2.05) is 12.1 Å². The van der Waals surface area contributed by atoms with E-state index in [1.165, 1.54) is 13.3 Å². The zero-order valence-corrected chi connectivity index (χ0v) is 19.1. The minimum Gasteiger partial charge on any atom is -0.495 e. The van der Waals surface area contributed by atoms with Gasteiger partial charge in [0.05, 0.1) is 19.0 Å². The molecule has 0 bridgehead atoms. The van der Waals surface area contributed by atoms with Crippen molar-refractivity contribution >= 4 is 29.6 Å². The van der Waals surface area contributed by atoms with Gasteiger partial charge in [0.2, 0.25) is 11.8 Å². The molecule has 10 nitrogen and oxygen atoms in total. The van der Waals surface area contributed by atoms with E-state index < -0.39 is 11.8 Å². The summed E-state index contributed by atoms with van der Waals surface area (Å²) in [6.07, 6.45) is 4.36. The van der Waals surface area contributed by atoms with Gasteiger partial charge in [0.1, 0.15) is 17.9 Å². The molecule has 0 unspecified atom stereocenters. The molecule has 3 amide bonds. The molecule has 0 radical (unpaired) electrons. The van der Waals surface area contributed by atoms with Gasteiger partial charge in [-0.3, -0.25) is 19.4 Å². The molecule has 0 aliphatic carbocycles. The lowest BCUT2D eigenvalue weighted by Gasteiger charge is -2.10. The van der Waals surface area contributed by atoms with Crippen LogP contribution in [-0.4, -0.2) is 42.6 Å². The molecule has 0 fully saturated rings. The Bertz CT molecular complexity index is 1170. The summed E-state index contributed by atoms with van der Waals surface area (Å²) < 4.78 is 10.7. The molecule has 3 N–H and O–H groups in total. The van der Waals surface area contributed by atoms with E-state index in [9.17, 15) is 14.4 Å². The highest BCUT2D eigenvalue weighted by atomic mass is 16.5. The second-order valence-corrected chi connectivity index (χ2v) is 7.21. The SMILES string of the molecule is COc1ccccc1NC(=O)COc1ccc(/C=N/NC(=O)CC(=O)NCc2cccnc2)cc1. The lowest BCUT2D eigenvalue weighted by molar-refractivity contribution is -0.129. The zero-order valence-electron chi connectivity index (χ0n) is 19.1. The van der Waals surface area contributed by atoms with Crippen molar-refractivity contribution in [2.45, 2.75) is 13.0 Å². The van der Waals surface area contributed by atoms with Crippen molar-refractivity contribution in [1.82, 2.24) is 15.7 Å². The number of nitrogens with one attached hydrogen (secondary N) is 3. The number of hydrazone groups is 1. The zero-order chi connectivity index (χ0) is 24.9. The number of para-hydroxylation sites is 2. The van der Waals surface area contributed by atoms with Crippen molar-refractivity contribution in [3.63, 3.8) is 0 Å². The van der Waals surface area contributed by atoms with Gasteiger partial charge in [-0.2, -0.15) is 5.10 Å². The van der Waals surface area contributed by atoms with Crippen molar-refractivity contribution in [2.24, 2.45) is 5.10 Å². The maximum absolute atomic E-state index is 12.1. The summed E-state index contributed by atoms with van der Waals surface area (Å²) in [7, 11) is 1.53. The Kier molecular flexibility index (Phi) is 9.32. The van der Waals surface area contributed by atoms with Crippen LogP contribution in [0.2, 0.25) is 0 Å². The summed E-state index contributed by atoms with van der Waals surface area (Å²) in [5, 5.41) is 9.22. The summed E-state index contributed by atoms with van der Waals surface area (Å²) in [5.41, 5.74) is 4.40. The monoisotopic (exact) mass is 475 g/mol. The number of amides is 3. The highest BCUT2D eigenvalue weighted by Crippen LogP contribution is 2.22. The molecular formula is C25H25N5O5. The molecule has 0 spiro atoms. The lowest BCUT2D eigenvalue weighted by atomic mass is 10.2. The first kappa shape index (κ1) is 24.9. The van der Waals surface area contributed by atoms with Crippen molar-refractivity contribution in [3.8, 4) is 11.5 Å². The smallest absolute Gasteiger partial charge is 0.262 e. The predicted octanol–water partition coefficient (Wildman–Crippen LogP) is 2.26. The number of anilines is 1. The fourth-order valence-corrected chi connectivity index (χ4v) is 2.86. The molecule has 3 rings (SSSR count). The van der Waals surface area contributed by atoms with E-state index in [-0.39, 0.29) is 18.9 Å². The number of hydrogen-bond donors (Lipinski definition) is 3. The lowest BCUT2D eigenvalue weighted by Crippen LogP contribution is -2.29. The summed E-state index contributed by atoms with van der Waals surface area (Å²) >= 11 is 0. The van der Waals surface area contributed by atoms with Crippen LogP contribution in [0, 0.1) is 0 Å². The summed E-state index contributed by atoms with van der Waals surface area (Å²) in [5.74, 6) is -0.232. The molecule has 1 heterocycles. The third-order valence-corrected chi connectivity index (χ3v) is 4.57. The number of nitrogens with zero attached hydrogens (tertiary/aromatic N) is 2. The second-order valence-electron chi connectivity index (χ2n) is 7.21. The van der Waals surface area contributed by atoms with Crippen molar-refractivity contribution < 1.29 is 23.9 Å². The topological polar surface area (TPSA) is 131 Å². The first-order valence-electron chi connectivity index (χ1n) is 10.7. The third-order valence-electron chi connectivity index (χ3n) is 4.57. The fraction of sp³-hybridized carbons (Fsp3) is 0.160. The van der Waals surface area contributed by atoms with Crippen LogP contribution in [0.15, 0.2) is 78.2 Å². The average Bonchev–Trinajstić information content (AvgIpc) is 2.88. The number of aromatic nitrogens is 1. The number of rotatable bonds is 11. The molecule has 0 saturated heterocycles. The number of hydrogen-bond acceptors (Lipinski definition) is 7. The molecule has 0 aliphatic heterocycles. The standard InChI is InChI=1S/C25H25N5O5/c1-34-22-7-3-2-6-21(22)29-25(33)17-35-20-10-8-18(9-11-20)16-28-30-24(32)13-23(31)27-15-19-5-4-12-26-14-19/h2-12,14,16H,13,15,17H2,1H3,(H,27,31)(H,29,33)(H,30,32)/b28-16+. The van der Waals surface area contributed by atoms with Gasteiger partial charge in [-0.15, -0.1) is 0 Å². The van der Waals surface area contributed by atoms with Crippen molar-refractivity contribution in [1.29, 1.82) is 0 Å². The first-order chi connectivity index (χ1) is 17.0. The van der Waals surface area contributed by atoms with E-state index >= 15 is 0 Å². The van der Waals surface area contributed by atoms with Gasteiger partial charge >= 0.3 is 0 Å². The Balaban J connectivity index is 1.37. The Morgan fingerprint density at radius 1 is 0.971 bits per heavy atom. The summed E-state index contributed by atoms with van der Waals surface area (Å²) in [6.45, 7) is 0.115. The van der Waals surface area contributed by atoms with E-state index in [0.717, 1.165) is 5.56 Å². The Morgan fingerprint density at radius 2 is 1.77 bits per heavy atom. The third kappa shape index (κ3) is 8.61. The van der Waals surface area contributed by atoms with Gasteiger partial charge in [0.25, 0.3) is 5.91 Å². The minimum atomic E-state index is -0.536. The number of carbonyl (C=O) groups is 3. The van der Waals surface area contributed by atoms with Crippen molar-refractivity contribution in [3.05, 3.63) is 84.2 Å². The molecule has 35 heavy (non-hydrogen) atoms. The maximum atomic E-state index is 12.1. The molecule has 0 atom stereocenters. The first-order valence-corrected chi connectivity index (χ1v) is 10.7. The van der Waals surface area contributed by atoms with Crippen LogP contribution in [0.25, 0.3) is 0 Å². The molecule has 0 saturated carbocycles. The normalized spacial score (nSPS) is 10.4. The molecule has 3 aromatic rings. The molecule has 0 aliphatic rings. The largest absolute Gasteiger partial charge is 0.495 e. The van der Waals surface area contributed by atoms with Gasteiger partial charge in [0.15, 0.2) is 6.61 Å². The van der Waals surface area contributed by atoms with Crippen LogP contribution >= 0.6 is 0 Å². The van der Waals surface area contributed by atoms with E-state index in [0.29, 0.717) is 29.3 Å². The van der Waals surface area contributed by atoms with E-state index in [1.54, 1.807) is 60.9 Å². The fourth-order valence-electron chi connectivity index (χ4n) is 2.86. The number of methoxy groups -OCH3 is 1. The van der Waals surface area contributed by atoms with Crippen LogP contribution in [0.5, 0.6) is 11.5 Å². The molecule has 2 aromatic carbocycles. The summed E-state index contributed by atoms with van der Waals surface area (Å²) in [6, 6.07) is 17.4. The number of carbonyl (C=O) groups excluding carboxylic acids is 3. The van der Waals surface area contributed by atoms with Gasteiger partial charge in [-0.25, -0.2) is 5.43 Å². The highest BCUT2D eigenvalue weighted by Gasteiger charge is 2.09. The van der Waals surface area contributed by atoms with E-state index in [2.05, 4.69) is 26.1 Å². The molecular weight excluding hydrogens is 450 g/mol. The molecule has 10 heteroatoms. The van der Waals surface area contributed by atoms with Crippen LogP contribution in [-0.2, 0) is 20.9 Å². The number of ether oxygens (including phenoxy) is 2. The average molecular weight is 476 g/mol. The number of benzene rings is 2. The Hall–Kier alpha value is -4.73. The quantitative estimate of drug-likeness (QED) is 0.222. The highest BCUT2D eigenvalue weighted by molar-refractivity contribution is 5.97. The van der Waals surface area contributed by atoms with Gasteiger partial charge in [0, 0.05) is 18.9 Å². The van der Waals surface area contributed by atoms with Gasteiger partial charge in [-0.05, 0) is 53.6 Å². The van der Waals surface area contributed by atoms with Gasteiger partial charge < -0.3 is 20.1 Å². The van der Waals surface area contributed by atoms with Crippen LogP contribution < -0.4 is 25.5 Å². The summed E-state index contributed by atoms with van der Waals surface area (Å²) in [4.78, 5) is 39.8. The Morgan fingerprint density at radius 3 is 2.51 bits per heavy atom. The van der Waals surface area contributed by atoms with Crippen molar-refractivity contribution in [2.75, 3.05) is 19.0 Å². The number of pyridine rings is 1. The Labute approximate surface area is 202 Å². The second kappa shape index (κ2) is 13.1. The predicted molar refractivity (Wildman–Crippen MR) is 130 cm³/mol. The minimum absolute atomic E-state index is 0.176. The van der Waals surface area contributed by atoms with Crippen LogP contribution in [0.3, 0.4) is 0 Å². The maximum Gasteiger partial charge on any atom is 0.262 e.